The SMILES string of the molecule is CC.CC1=CC(C#N)=C(C#N)CC1. The van der Waals surface area contributed by atoms with E-state index in [0.717, 1.165) is 12.8 Å². The smallest absolute Gasteiger partial charge is 0.100 e. The monoisotopic (exact) mass is 174 g/mol. The molecule has 0 N–H and O–H groups in total. The van der Waals surface area contributed by atoms with E-state index in [1.165, 1.54) is 5.57 Å². The molecule has 2 heteroatoms. The zero-order valence-electron chi connectivity index (χ0n) is 8.39. The van der Waals surface area contributed by atoms with E-state index in [1.54, 1.807) is 6.08 Å². The maximum Gasteiger partial charge on any atom is 0.100 e. The Kier molecular flexibility index (Phi) is 5.32. The molecule has 13 heavy (non-hydrogen) atoms. The Morgan fingerprint density at radius 1 is 1.15 bits per heavy atom. The Morgan fingerprint density at radius 3 is 2.23 bits per heavy atom. The van der Waals surface area contributed by atoms with Gasteiger partial charge in [-0.1, -0.05) is 19.4 Å². The van der Waals surface area contributed by atoms with Gasteiger partial charge in [0, 0.05) is 5.57 Å². The van der Waals surface area contributed by atoms with Crippen LogP contribution in [0.1, 0.15) is 33.6 Å². The van der Waals surface area contributed by atoms with Gasteiger partial charge >= 0.3 is 0 Å². The fourth-order valence-corrected chi connectivity index (χ4v) is 1.08. The molecule has 2 nitrogen and oxygen atoms in total. The van der Waals surface area contributed by atoms with Gasteiger partial charge in [0.15, 0.2) is 0 Å². The van der Waals surface area contributed by atoms with Gasteiger partial charge in [-0.25, -0.2) is 0 Å². The average Bonchev–Trinajstić information content (AvgIpc) is 2.20. The molecule has 1 aliphatic rings. The summed E-state index contributed by atoms with van der Waals surface area (Å²) in [5.41, 5.74) is 2.34. The zero-order chi connectivity index (χ0) is 10.3. The molecule has 0 aromatic carbocycles. The molecule has 0 heterocycles. The average molecular weight is 174 g/mol. The first kappa shape index (κ1) is 11.5. The van der Waals surface area contributed by atoms with Gasteiger partial charge in [-0.15, -0.1) is 0 Å². The third kappa shape index (κ3) is 3.13. The molecule has 0 spiro atoms. The first-order valence-electron chi connectivity index (χ1n) is 4.48. The van der Waals surface area contributed by atoms with E-state index in [2.05, 4.69) is 0 Å². The Labute approximate surface area is 79.8 Å². The van der Waals surface area contributed by atoms with Crippen LogP contribution < -0.4 is 0 Å². The third-order valence-electron chi connectivity index (χ3n) is 1.74. The van der Waals surface area contributed by atoms with Crippen molar-refractivity contribution in [2.75, 3.05) is 0 Å². The number of hydrogen-bond donors (Lipinski definition) is 0. The molecule has 1 rings (SSSR count). The van der Waals surface area contributed by atoms with Gasteiger partial charge in [-0.3, -0.25) is 0 Å². The second-order valence-electron chi connectivity index (χ2n) is 2.61. The van der Waals surface area contributed by atoms with Crippen LogP contribution in [0.4, 0.5) is 0 Å². The lowest BCUT2D eigenvalue weighted by atomic mass is 9.95. The molecule has 0 fully saturated rings. The van der Waals surface area contributed by atoms with Crippen molar-refractivity contribution in [1.82, 2.24) is 0 Å². The summed E-state index contributed by atoms with van der Waals surface area (Å²) in [5, 5.41) is 17.2. The molecule has 0 atom stereocenters. The Bertz CT molecular complexity index is 308. The fourth-order valence-electron chi connectivity index (χ4n) is 1.08. The molecule has 0 amide bonds. The van der Waals surface area contributed by atoms with Crippen molar-refractivity contribution in [3.63, 3.8) is 0 Å². The molecule has 0 saturated heterocycles. The normalized spacial score (nSPS) is 14.7. The third-order valence-corrected chi connectivity index (χ3v) is 1.74. The summed E-state index contributed by atoms with van der Waals surface area (Å²) in [6.07, 6.45) is 3.43. The van der Waals surface area contributed by atoms with Crippen LogP contribution in [-0.4, -0.2) is 0 Å². The Morgan fingerprint density at radius 2 is 1.77 bits per heavy atom. The summed E-state index contributed by atoms with van der Waals surface area (Å²) < 4.78 is 0. The summed E-state index contributed by atoms with van der Waals surface area (Å²) in [7, 11) is 0. The van der Waals surface area contributed by atoms with Crippen LogP contribution in [0.15, 0.2) is 22.8 Å². The minimum Gasteiger partial charge on any atom is -0.193 e. The molecule has 0 unspecified atom stereocenters. The van der Waals surface area contributed by atoms with Crippen LogP contribution in [-0.2, 0) is 0 Å². The molecule has 1 aliphatic carbocycles. The maximum atomic E-state index is 8.61. The van der Waals surface area contributed by atoms with Crippen molar-refractivity contribution in [3.05, 3.63) is 22.8 Å². The lowest BCUT2D eigenvalue weighted by molar-refractivity contribution is 0.921. The standard InChI is InChI=1S/C9H8N2.C2H6/c1-7-2-3-8(5-10)9(4-7)6-11;1-2/h4H,2-3H2,1H3;1-2H3. The summed E-state index contributed by atoms with van der Waals surface area (Å²) >= 11 is 0. The van der Waals surface area contributed by atoms with Crippen LogP contribution >= 0.6 is 0 Å². The predicted octanol–water partition coefficient (Wildman–Crippen LogP) is 3.10. The van der Waals surface area contributed by atoms with E-state index in [4.69, 9.17) is 10.5 Å². The van der Waals surface area contributed by atoms with Crippen LogP contribution in [0.3, 0.4) is 0 Å². The van der Waals surface area contributed by atoms with Crippen molar-refractivity contribution in [2.45, 2.75) is 33.6 Å². The summed E-state index contributed by atoms with van der Waals surface area (Å²) in [6.45, 7) is 5.98. The first-order chi connectivity index (χ1) is 6.27. The van der Waals surface area contributed by atoms with E-state index in [0.29, 0.717) is 11.1 Å². The molecular weight excluding hydrogens is 160 g/mol. The Hall–Kier alpha value is -1.54. The van der Waals surface area contributed by atoms with Gasteiger partial charge in [-0.2, -0.15) is 10.5 Å². The van der Waals surface area contributed by atoms with Gasteiger partial charge in [0.2, 0.25) is 0 Å². The van der Waals surface area contributed by atoms with Crippen molar-refractivity contribution in [1.29, 1.82) is 10.5 Å². The second-order valence-corrected chi connectivity index (χ2v) is 2.61. The van der Waals surface area contributed by atoms with E-state index in [9.17, 15) is 0 Å². The van der Waals surface area contributed by atoms with E-state index in [-0.39, 0.29) is 0 Å². The number of hydrogen-bond acceptors (Lipinski definition) is 2. The maximum absolute atomic E-state index is 8.61. The topological polar surface area (TPSA) is 47.6 Å². The highest BCUT2D eigenvalue weighted by molar-refractivity contribution is 5.47. The number of rotatable bonds is 0. The molecule has 0 aromatic rings. The van der Waals surface area contributed by atoms with Gasteiger partial charge < -0.3 is 0 Å². The number of allylic oxidation sites excluding steroid dienone is 4. The van der Waals surface area contributed by atoms with Gasteiger partial charge in [0.25, 0.3) is 0 Å². The van der Waals surface area contributed by atoms with Crippen molar-refractivity contribution in [2.24, 2.45) is 0 Å². The molecule has 0 bridgehead atoms. The second kappa shape index (κ2) is 6.03. The molecule has 68 valence electrons. The highest BCUT2D eigenvalue weighted by Crippen LogP contribution is 2.22. The van der Waals surface area contributed by atoms with E-state index >= 15 is 0 Å². The van der Waals surface area contributed by atoms with Gasteiger partial charge in [0.1, 0.15) is 6.07 Å². The molecule has 0 aromatic heterocycles. The summed E-state index contributed by atoms with van der Waals surface area (Å²) in [4.78, 5) is 0. The lowest BCUT2D eigenvalue weighted by Crippen LogP contribution is -1.94. The first-order valence-corrected chi connectivity index (χ1v) is 4.48. The minimum absolute atomic E-state index is 0.538. The Balaban J connectivity index is 0.000000671. The highest BCUT2D eigenvalue weighted by atomic mass is 14.3. The van der Waals surface area contributed by atoms with Crippen LogP contribution in [0.5, 0.6) is 0 Å². The van der Waals surface area contributed by atoms with Gasteiger partial charge in [-0.05, 0) is 25.8 Å². The van der Waals surface area contributed by atoms with Crippen LogP contribution in [0.25, 0.3) is 0 Å². The van der Waals surface area contributed by atoms with E-state index < -0.39 is 0 Å². The summed E-state index contributed by atoms with van der Waals surface area (Å²) in [6, 6.07) is 4.05. The minimum atomic E-state index is 0.538. The molecule has 0 aliphatic heterocycles. The van der Waals surface area contributed by atoms with Crippen molar-refractivity contribution >= 4 is 0 Å². The number of nitrogens with zero attached hydrogens (tertiary/aromatic N) is 2. The van der Waals surface area contributed by atoms with Crippen molar-refractivity contribution in [3.8, 4) is 12.1 Å². The largest absolute Gasteiger partial charge is 0.193 e. The summed E-state index contributed by atoms with van der Waals surface area (Å²) in [5.74, 6) is 0. The zero-order valence-corrected chi connectivity index (χ0v) is 8.39. The quantitative estimate of drug-likeness (QED) is 0.566. The van der Waals surface area contributed by atoms with E-state index in [1.807, 2.05) is 32.9 Å². The lowest BCUT2D eigenvalue weighted by Gasteiger charge is -2.07. The fraction of sp³-hybridized carbons (Fsp3) is 0.455. The highest BCUT2D eigenvalue weighted by Gasteiger charge is 2.09. The molecular formula is C11H14N2. The van der Waals surface area contributed by atoms with Gasteiger partial charge in [0.05, 0.1) is 11.6 Å². The van der Waals surface area contributed by atoms with Crippen LogP contribution in [0.2, 0.25) is 0 Å². The van der Waals surface area contributed by atoms with Crippen LogP contribution in [0, 0.1) is 22.7 Å². The molecule has 0 saturated carbocycles. The molecule has 0 radical (unpaired) electrons. The predicted molar refractivity (Wildman–Crippen MR) is 52.6 cm³/mol. The van der Waals surface area contributed by atoms with Crippen molar-refractivity contribution < 1.29 is 0 Å². The number of nitriles is 2.